The summed E-state index contributed by atoms with van der Waals surface area (Å²) in [6.45, 7) is 1.10. The minimum atomic E-state index is -0.0786. The van der Waals surface area contributed by atoms with E-state index in [1.807, 2.05) is 30.3 Å². The van der Waals surface area contributed by atoms with Gasteiger partial charge in [0.15, 0.2) is 5.89 Å². The number of carbonyl (C=O) groups is 1. The maximum Gasteiger partial charge on any atom is 0.257 e. The Morgan fingerprint density at radius 3 is 2.64 bits per heavy atom. The number of benzene rings is 1. The van der Waals surface area contributed by atoms with Crippen molar-refractivity contribution in [1.29, 1.82) is 0 Å². The van der Waals surface area contributed by atoms with Crippen molar-refractivity contribution in [2.75, 3.05) is 11.9 Å². The number of amides is 1. The van der Waals surface area contributed by atoms with Crippen LogP contribution in [0, 0.1) is 0 Å². The number of rotatable bonds is 4. The molecule has 0 radical (unpaired) electrons. The molecule has 7 heteroatoms. The Morgan fingerprint density at radius 2 is 1.93 bits per heavy atom. The summed E-state index contributed by atoms with van der Waals surface area (Å²) in [6, 6.07) is 9.69. The highest BCUT2D eigenvalue weighted by Crippen LogP contribution is 2.37. The minimum Gasteiger partial charge on any atom is -0.445 e. The molecular formula is C21H21N5O2. The summed E-state index contributed by atoms with van der Waals surface area (Å²) in [5.41, 5.74) is 2.27. The molecular weight excluding hydrogens is 354 g/mol. The molecule has 3 heterocycles. The van der Waals surface area contributed by atoms with Gasteiger partial charge in [-0.1, -0.05) is 24.6 Å². The highest BCUT2D eigenvalue weighted by Gasteiger charge is 2.30. The fourth-order valence-electron chi connectivity index (χ4n) is 3.56. The Morgan fingerprint density at radius 1 is 1.14 bits per heavy atom. The van der Waals surface area contributed by atoms with Crippen molar-refractivity contribution in [1.82, 2.24) is 19.9 Å². The Balaban J connectivity index is 1.26. The van der Waals surface area contributed by atoms with Crippen molar-refractivity contribution in [3.63, 3.8) is 0 Å². The number of aromatic nitrogens is 3. The lowest BCUT2D eigenvalue weighted by Crippen LogP contribution is -2.36. The number of carbonyl (C=O) groups excluding carboxylic acids is 1. The Bertz CT molecular complexity index is 980. The first-order valence-electron chi connectivity index (χ1n) is 9.68. The van der Waals surface area contributed by atoms with Gasteiger partial charge in [0.25, 0.3) is 5.91 Å². The van der Waals surface area contributed by atoms with Crippen LogP contribution in [-0.2, 0) is 13.0 Å². The van der Waals surface area contributed by atoms with Crippen molar-refractivity contribution >= 4 is 17.5 Å². The summed E-state index contributed by atoms with van der Waals surface area (Å²) in [7, 11) is 0. The van der Waals surface area contributed by atoms with E-state index in [1.54, 1.807) is 17.3 Å². The first kappa shape index (κ1) is 16.9. The molecule has 0 spiro atoms. The molecule has 0 atom stereocenters. The largest absolute Gasteiger partial charge is 0.445 e. The topological polar surface area (TPSA) is 84.2 Å². The molecule has 1 aliphatic heterocycles. The van der Waals surface area contributed by atoms with Crippen LogP contribution >= 0.6 is 0 Å². The molecule has 1 saturated carbocycles. The molecule has 142 valence electrons. The Labute approximate surface area is 162 Å². The van der Waals surface area contributed by atoms with Gasteiger partial charge in [0.2, 0.25) is 5.95 Å². The van der Waals surface area contributed by atoms with Gasteiger partial charge in [-0.2, -0.15) is 0 Å². The fraction of sp³-hybridized carbons (Fsp3) is 0.333. The van der Waals surface area contributed by atoms with Gasteiger partial charge in [-0.3, -0.25) is 4.79 Å². The van der Waals surface area contributed by atoms with E-state index in [-0.39, 0.29) is 5.91 Å². The summed E-state index contributed by atoms with van der Waals surface area (Å²) in [5, 5.41) is 3.12. The fourth-order valence-corrected chi connectivity index (χ4v) is 3.56. The van der Waals surface area contributed by atoms with E-state index in [9.17, 15) is 4.79 Å². The van der Waals surface area contributed by atoms with E-state index < -0.39 is 0 Å². The lowest BCUT2D eigenvalue weighted by atomic mass is 9.85. The quantitative estimate of drug-likeness (QED) is 0.749. The molecule has 0 bridgehead atoms. The zero-order chi connectivity index (χ0) is 18.9. The SMILES string of the molecule is O=C(c1cnc(Nc2ccccc2)nc1)N1CCc2oc(C3CCC3)nc2C1. The first-order valence-corrected chi connectivity index (χ1v) is 9.68. The standard InChI is InChI=1S/C21H21N5O2/c27-20(15-11-22-21(23-12-15)24-16-7-2-1-3-8-16)26-10-9-18-17(13-26)25-19(28-18)14-5-4-6-14/h1-3,7-8,11-12,14H,4-6,9-10,13H2,(H,22,23,24). The number of nitrogens with zero attached hydrogens (tertiary/aromatic N) is 4. The average molecular weight is 375 g/mol. The number of hydrogen-bond acceptors (Lipinski definition) is 6. The molecule has 5 rings (SSSR count). The van der Waals surface area contributed by atoms with Crippen molar-refractivity contribution in [3.8, 4) is 0 Å². The third-order valence-corrected chi connectivity index (χ3v) is 5.41. The van der Waals surface area contributed by atoms with Crippen LogP contribution in [0.25, 0.3) is 0 Å². The average Bonchev–Trinajstić information content (AvgIpc) is 3.10. The summed E-state index contributed by atoms with van der Waals surface area (Å²) in [6.07, 6.45) is 7.40. The van der Waals surface area contributed by atoms with Crippen LogP contribution in [0.5, 0.6) is 0 Å². The van der Waals surface area contributed by atoms with Crippen LogP contribution in [0.2, 0.25) is 0 Å². The van der Waals surface area contributed by atoms with Gasteiger partial charge < -0.3 is 14.6 Å². The van der Waals surface area contributed by atoms with Crippen LogP contribution in [-0.4, -0.2) is 32.3 Å². The lowest BCUT2D eigenvalue weighted by molar-refractivity contribution is 0.0727. The molecule has 28 heavy (non-hydrogen) atoms. The molecule has 0 unspecified atom stereocenters. The van der Waals surface area contributed by atoms with E-state index in [4.69, 9.17) is 4.42 Å². The predicted octanol–water partition coefficient (Wildman–Crippen LogP) is 3.67. The van der Waals surface area contributed by atoms with E-state index in [2.05, 4.69) is 20.3 Å². The number of hydrogen-bond donors (Lipinski definition) is 1. The molecule has 1 aromatic carbocycles. The van der Waals surface area contributed by atoms with Crippen molar-refractivity contribution in [3.05, 3.63) is 65.6 Å². The number of anilines is 2. The maximum absolute atomic E-state index is 12.9. The van der Waals surface area contributed by atoms with Crippen LogP contribution < -0.4 is 5.32 Å². The monoisotopic (exact) mass is 375 g/mol. The summed E-state index contributed by atoms with van der Waals surface area (Å²) in [4.78, 5) is 27.9. The van der Waals surface area contributed by atoms with Gasteiger partial charge in [0.1, 0.15) is 11.5 Å². The number of oxazole rings is 1. The van der Waals surface area contributed by atoms with E-state index in [0.29, 0.717) is 36.9 Å². The first-order chi connectivity index (χ1) is 13.8. The number of fused-ring (bicyclic) bond motifs is 1. The smallest absolute Gasteiger partial charge is 0.257 e. The predicted molar refractivity (Wildman–Crippen MR) is 103 cm³/mol. The zero-order valence-electron chi connectivity index (χ0n) is 15.5. The van der Waals surface area contributed by atoms with Crippen molar-refractivity contribution < 1.29 is 9.21 Å². The Kier molecular flexibility index (Phi) is 4.27. The molecule has 1 fully saturated rings. The van der Waals surface area contributed by atoms with Crippen LogP contribution in [0.3, 0.4) is 0 Å². The minimum absolute atomic E-state index is 0.0786. The molecule has 2 aliphatic rings. The molecule has 2 aromatic heterocycles. The van der Waals surface area contributed by atoms with Crippen molar-refractivity contribution in [2.24, 2.45) is 0 Å². The van der Waals surface area contributed by atoms with Crippen LogP contribution in [0.1, 0.15) is 52.9 Å². The highest BCUT2D eigenvalue weighted by molar-refractivity contribution is 5.93. The van der Waals surface area contributed by atoms with E-state index in [1.165, 1.54) is 6.42 Å². The highest BCUT2D eigenvalue weighted by atomic mass is 16.4. The number of para-hydroxylation sites is 1. The summed E-state index contributed by atoms with van der Waals surface area (Å²) >= 11 is 0. The second-order valence-electron chi connectivity index (χ2n) is 7.31. The lowest BCUT2D eigenvalue weighted by Gasteiger charge is -2.25. The summed E-state index contributed by atoms with van der Waals surface area (Å²) < 4.78 is 5.93. The third kappa shape index (κ3) is 3.24. The molecule has 1 N–H and O–H groups in total. The van der Waals surface area contributed by atoms with Gasteiger partial charge in [-0.05, 0) is 25.0 Å². The van der Waals surface area contributed by atoms with E-state index in [0.717, 1.165) is 35.9 Å². The van der Waals surface area contributed by atoms with Gasteiger partial charge in [-0.15, -0.1) is 0 Å². The van der Waals surface area contributed by atoms with Crippen LogP contribution in [0.15, 0.2) is 47.1 Å². The normalized spacial score (nSPS) is 16.4. The third-order valence-electron chi connectivity index (χ3n) is 5.41. The number of nitrogens with one attached hydrogen (secondary N) is 1. The molecule has 0 saturated heterocycles. The molecule has 1 amide bonds. The van der Waals surface area contributed by atoms with Crippen molar-refractivity contribution in [2.45, 2.75) is 38.1 Å². The second kappa shape index (κ2) is 7.07. The second-order valence-corrected chi connectivity index (χ2v) is 7.31. The maximum atomic E-state index is 12.9. The molecule has 7 nitrogen and oxygen atoms in total. The van der Waals surface area contributed by atoms with Gasteiger partial charge >= 0.3 is 0 Å². The summed E-state index contributed by atoms with van der Waals surface area (Å²) in [5.74, 6) is 2.64. The Hall–Kier alpha value is -3.22. The zero-order valence-corrected chi connectivity index (χ0v) is 15.5. The van der Waals surface area contributed by atoms with Gasteiger partial charge in [0.05, 0.1) is 12.1 Å². The molecule has 1 aliphatic carbocycles. The van der Waals surface area contributed by atoms with Gasteiger partial charge in [-0.25, -0.2) is 15.0 Å². The molecule has 3 aromatic rings. The van der Waals surface area contributed by atoms with Gasteiger partial charge in [0, 0.05) is 37.0 Å². The van der Waals surface area contributed by atoms with E-state index >= 15 is 0 Å². The van der Waals surface area contributed by atoms with Crippen LogP contribution in [0.4, 0.5) is 11.6 Å².